The molecule has 0 unspecified atom stereocenters. The number of hydrogen-bond donors (Lipinski definition) is 0. The molecule has 11 heavy (non-hydrogen) atoms. The summed E-state index contributed by atoms with van der Waals surface area (Å²) >= 11 is 0. The van der Waals surface area contributed by atoms with Crippen LogP contribution in [0.1, 0.15) is 19.5 Å². The molecular weight excluding hydrogens is 142 g/mol. The third-order valence-corrected chi connectivity index (χ3v) is 1.30. The van der Waals surface area contributed by atoms with E-state index in [1.54, 1.807) is 6.26 Å². The highest BCUT2D eigenvalue weighted by Crippen LogP contribution is 1.97. The summed E-state index contributed by atoms with van der Waals surface area (Å²) in [6.07, 6.45) is 2.70. The van der Waals surface area contributed by atoms with Gasteiger partial charge in [-0.15, -0.1) is 0 Å². The van der Waals surface area contributed by atoms with Gasteiger partial charge in [0.15, 0.2) is 0 Å². The topological polar surface area (TPSA) is 35.3 Å². The molecule has 0 saturated heterocycles. The molecule has 3 heteroatoms. The smallest absolute Gasteiger partial charge is 0.124 e. The summed E-state index contributed by atoms with van der Waals surface area (Å²) < 4.78 is 10.00. The van der Waals surface area contributed by atoms with Gasteiger partial charge in [-0.25, -0.2) is 0 Å². The third kappa shape index (κ3) is 3.18. The minimum absolute atomic E-state index is 0.293. The van der Waals surface area contributed by atoms with Crippen molar-refractivity contribution in [3.63, 3.8) is 0 Å². The molecule has 0 N–H and O–H groups in total. The van der Waals surface area contributed by atoms with Gasteiger partial charge in [0.2, 0.25) is 0 Å². The van der Waals surface area contributed by atoms with E-state index >= 15 is 0 Å². The van der Waals surface area contributed by atoms with Crippen LogP contribution in [0.25, 0.3) is 0 Å². The fourth-order valence-electron chi connectivity index (χ4n) is 0.766. The predicted octanol–water partition coefficient (Wildman–Crippen LogP) is 1.64. The molecule has 0 atom stereocenters. The summed E-state index contributed by atoms with van der Waals surface area (Å²) in [5.74, 6) is 0. The Hall–Kier alpha value is -0.830. The molecule has 0 spiro atoms. The summed E-state index contributed by atoms with van der Waals surface area (Å²) in [5, 5.41) is 3.76. The Balaban J connectivity index is 2.14. The molecule has 0 aromatic carbocycles. The Bertz CT molecular complexity index is 182. The lowest BCUT2D eigenvalue weighted by atomic mass is 10.3. The first-order valence-electron chi connectivity index (χ1n) is 3.80. The first kappa shape index (κ1) is 8.27. The third-order valence-electron chi connectivity index (χ3n) is 1.30. The van der Waals surface area contributed by atoms with Gasteiger partial charge in [-0.2, -0.15) is 0 Å². The summed E-state index contributed by atoms with van der Waals surface area (Å²) in [7, 11) is 0. The molecule has 0 amide bonds. The minimum Gasteiger partial charge on any atom is -0.378 e. The molecule has 1 aromatic rings. The van der Waals surface area contributed by atoms with Crippen LogP contribution < -0.4 is 0 Å². The Morgan fingerprint density at radius 3 is 3.00 bits per heavy atom. The highest BCUT2D eigenvalue weighted by molar-refractivity contribution is 4.94. The molecule has 1 rings (SSSR count). The lowest BCUT2D eigenvalue weighted by Gasteiger charge is -2.04. The van der Waals surface area contributed by atoms with Gasteiger partial charge in [0.1, 0.15) is 6.26 Å². The maximum atomic E-state index is 5.33. The van der Waals surface area contributed by atoms with Gasteiger partial charge < -0.3 is 9.26 Å². The second-order valence-electron chi connectivity index (χ2n) is 2.66. The molecular formula is C8H13NO2. The van der Waals surface area contributed by atoms with E-state index in [2.05, 4.69) is 9.68 Å². The number of rotatable bonds is 4. The molecule has 1 aromatic heterocycles. The van der Waals surface area contributed by atoms with E-state index in [0.29, 0.717) is 12.7 Å². The van der Waals surface area contributed by atoms with Crippen LogP contribution in [0.15, 0.2) is 16.9 Å². The second kappa shape index (κ2) is 4.13. The molecule has 62 valence electrons. The van der Waals surface area contributed by atoms with Crippen LogP contribution in [0.5, 0.6) is 0 Å². The highest BCUT2D eigenvalue weighted by atomic mass is 16.5. The van der Waals surface area contributed by atoms with Crippen molar-refractivity contribution in [2.75, 3.05) is 6.61 Å². The fraction of sp³-hybridized carbons (Fsp3) is 0.625. The first-order valence-corrected chi connectivity index (χ1v) is 3.80. The molecule has 3 nitrogen and oxygen atoms in total. The van der Waals surface area contributed by atoms with E-state index in [4.69, 9.17) is 4.74 Å². The number of hydrogen-bond acceptors (Lipinski definition) is 3. The van der Waals surface area contributed by atoms with Gasteiger partial charge >= 0.3 is 0 Å². The van der Waals surface area contributed by atoms with Crippen LogP contribution >= 0.6 is 0 Å². The summed E-state index contributed by atoms with van der Waals surface area (Å²) in [6, 6.07) is 1.85. The van der Waals surface area contributed by atoms with Crippen molar-refractivity contribution in [3.8, 4) is 0 Å². The van der Waals surface area contributed by atoms with Crippen molar-refractivity contribution < 1.29 is 9.26 Å². The van der Waals surface area contributed by atoms with E-state index in [0.717, 1.165) is 12.1 Å². The normalized spacial score (nSPS) is 10.8. The van der Waals surface area contributed by atoms with Gasteiger partial charge in [-0.05, 0) is 13.8 Å². The van der Waals surface area contributed by atoms with Crippen LogP contribution in [-0.2, 0) is 11.2 Å². The van der Waals surface area contributed by atoms with Crippen molar-refractivity contribution in [1.82, 2.24) is 5.16 Å². The molecule has 0 aliphatic carbocycles. The quantitative estimate of drug-likeness (QED) is 0.663. The van der Waals surface area contributed by atoms with Crippen molar-refractivity contribution in [2.45, 2.75) is 26.4 Å². The Kier molecular flexibility index (Phi) is 3.11. The zero-order valence-electron chi connectivity index (χ0n) is 6.91. The molecule has 0 aliphatic rings. The molecule has 1 heterocycles. The molecule has 0 saturated carbocycles. The van der Waals surface area contributed by atoms with Crippen molar-refractivity contribution >= 4 is 0 Å². The summed E-state index contributed by atoms with van der Waals surface area (Å²) in [6.45, 7) is 4.75. The average Bonchev–Trinajstić information content (AvgIpc) is 2.39. The van der Waals surface area contributed by atoms with E-state index in [1.165, 1.54) is 0 Å². The molecule has 0 radical (unpaired) electrons. The predicted molar refractivity (Wildman–Crippen MR) is 41.3 cm³/mol. The summed E-state index contributed by atoms with van der Waals surface area (Å²) in [4.78, 5) is 0. The lowest BCUT2D eigenvalue weighted by Crippen LogP contribution is -2.05. The minimum atomic E-state index is 0.293. The van der Waals surface area contributed by atoms with Gasteiger partial charge in [0, 0.05) is 12.5 Å². The van der Waals surface area contributed by atoms with Crippen LogP contribution in [0.2, 0.25) is 0 Å². The summed E-state index contributed by atoms with van der Waals surface area (Å²) in [5.41, 5.74) is 0.950. The van der Waals surface area contributed by atoms with E-state index in [9.17, 15) is 0 Å². The fourth-order valence-corrected chi connectivity index (χ4v) is 0.766. The SMILES string of the molecule is CC(C)OCCc1ccon1. The van der Waals surface area contributed by atoms with Crippen LogP contribution in [0.3, 0.4) is 0 Å². The molecule has 0 aliphatic heterocycles. The zero-order valence-corrected chi connectivity index (χ0v) is 6.91. The van der Waals surface area contributed by atoms with E-state index < -0.39 is 0 Å². The van der Waals surface area contributed by atoms with Gasteiger partial charge in [0.25, 0.3) is 0 Å². The largest absolute Gasteiger partial charge is 0.378 e. The Morgan fingerprint density at radius 2 is 2.45 bits per heavy atom. The second-order valence-corrected chi connectivity index (χ2v) is 2.66. The van der Waals surface area contributed by atoms with E-state index in [1.807, 2.05) is 19.9 Å². The van der Waals surface area contributed by atoms with E-state index in [-0.39, 0.29) is 0 Å². The maximum Gasteiger partial charge on any atom is 0.124 e. The number of nitrogens with zero attached hydrogens (tertiary/aromatic N) is 1. The maximum absolute atomic E-state index is 5.33. The standard InChI is InChI=1S/C8H13NO2/c1-7(2)10-5-3-8-4-6-11-9-8/h4,6-7H,3,5H2,1-2H3. The van der Waals surface area contributed by atoms with Crippen molar-refractivity contribution in [2.24, 2.45) is 0 Å². The van der Waals surface area contributed by atoms with Crippen molar-refractivity contribution in [3.05, 3.63) is 18.0 Å². The number of aromatic nitrogens is 1. The van der Waals surface area contributed by atoms with Gasteiger partial charge in [-0.3, -0.25) is 0 Å². The molecule has 0 bridgehead atoms. The molecule has 0 fully saturated rings. The van der Waals surface area contributed by atoms with Crippen molar-refractivity contribution in [1.29, 1.82) is 0 Å². The average molecular weight is 155 g/mol. The Morgan fingerprint density at radius 1 is 1.64 bits per heavy atom. The van der Waals surface area contributed by atoms with Crippen LogP contribution in [-0.4, -0.2) is 17.9 Å². The van der Waals surface area contributed by atoms with Gasteiger partial charge in [-0.1, -0.05) is 5.16 Å². The van der Waals surface area contributed by atoms with Crippen LogP contribution in [0, 0.1) is 0 Å². The number of ether oxygens (including phenoxy) is 1. The van der Waals surface area contributed by atoms with Crippen LogP contribution in [0.4, 0.5) is 0 Å². The zero-order chi connectivity index (χ0) is 8.10. The lowest BCUT2D eigenvalue weighted by molar-refractivity contribution is 0.0805. The Labute approximate surface area is 66.3 Å². The van der Waals surface area contributed by atoms with Gasteiger partial charge in [0.05, 0.1) is 18.4 Å². The first-order chi connectivity index (χ1) is 5.29. The monoisotopic (exact) mass is 155 g/mol. The highest BCUT2D eigenvalue weighted by Gasteiger charge is 1.97.